The molecule has 0 radical (unpaired) electrons. The minimum Gasteiger partial charge on any atom is -0.392 e. The number of aromatic nitrogens is 3. The zero-order valence-corrected chi connectivity index (χ0v) is 22.7. The molecule has 1 fully saturated rings. The Bertz CT molecular complexity index is 1400. The highest BCUT2D eigenvalue weighted by molar-refractivity contribution is 6.40. The predicted molar refractivity (Wildman–Crippen MR) is 147 cm³/mol. The highest BCUT2D eigenvalue weighted by atomic mass is 35.5. The Morgan fingerprint density at radius 3 is 2.38 bits per heavy atom. The van der Waals surface area contributed by atoms with E-state index in [1.807, 2.05) is 48.5 Å². The molecule has 0 spiro atoms. The molecular weight excluding hydrogens is 539 g/mol. The van der Waals surface area contributed by atoms with Crippen molar-refractivity contribution in [2.75, 3.05) is 0 Å². The van der Waals surface area contributed by atoms with Crippen molar-refractivity contribution >= 4 is 29.1 Å². The monoisotopic (exact) mass is 566 g/mol. The fourth-order valence-electron chi connectivity index (χ4n) is 4.57. The zero-order valence-electron chi connectivity index (χ0n) is 21.2. The molecule has 2 aromatic carbocycles. The van der Waals surface area contributed by atoms with Gasteiger partial charge in [-0.3, -0.25) is 9.78 Å². The molecule has 0 unspecified atom stereocenters. The molecule has 0 saturated carbocycles. The van der Waals surface area contributed by atoms with E-state index in [2.05, 4.69) is 22.2 Å². The fourth-order valence-corrected chi connectivity index (χ4v) is 4.88. The van der Waals surface area contributed by atoms with Crippen LogP contribution < -0.4 is 5.32 Å². The van der Waals surface area contributed by atoms with E-state index >= 15 is 0 Å². The van der Waals surface area contributed by atoms with Crippen LogP contribution in [-0.4, -0.2) is 31.7 Å². The number of nitrogens with one attached hydrogen (secondary N) is 1. The number of pyridine rings is 1. The minimum atomic E-state index is -0.634. The van der Waals surface area contributed by atoms with Crippen molar-refractivity contribution in [1.29, 1.82) is 0 Å². The lowest BCUT2D eigenvalue weighted by Crippen LogP contribution is -2.39. The van der Waals surface area contributed by atoms with E-state index in [9.17, 15) is 9.90 Å². The first-order valence-electron chi connectivity index (χ1n) is 12.6. The lowest BCUT2D eigenvalue weighted by Gasteiger charge is -2.41. The van der Waals surface area contributed by atoms with E-state index < -0.39 is 6.29 Å². The number of hydrogen-bond donors (Lipinski definition) is 2. The smallest absolute Gasteiger partial charge is 0.253 e. The summed E-state index contributed by atoms with van der Waals surface area (Å²) in [6, 6.07) is 18.9. The molecule has 10 heteroatoms. The lowest BCUT2D eigenvalue weighted by atomic mass is 9.90. The third kappa shape index (κ3) is 6.32. The van der Waals surface area contributed by atoms with Crippen molar-refractivity contribution in [2.24, 2.45) is 5.92 Å². The van der Waals surface area contributed by atoms with E-state index in [-0.39, 0.29) is 35.8 Å². The third-order valence-corrected chi connectivity index (χ3v) is 7.63. The number of carbonyl (C=O) groups excluding carboxylic acids is 1. The summed E-state index contributed by atoms with van der Waals surface area (Å²) in [5.74, 6) is -0.211. The molecule has 1 saturated heterocycles. The Labute approximate surface area is 236 Å². The number of aliphatic hydroxyl groups is 1. The van der Waals surface area contributed by atoms with Gasteiger partial charge in [-0.1, -0.05) is 78.7 Å². The number of carbonyl (C=O) groups is 1. The second-order valence-corrected chi connectivity index (χ2v) is 10.2. The maximum absolute atomic E-state index is 12.4. The predicted octanol–water partition coefficient (Wildman–Crippen LogP) is 5.50. The first kappa shape index (κ1) is 27.3. The Morgan fingerprint density at radius 1 is 1.03 bits per heavy atom. The van der Waals surface area contributed by atoms with Gasteiger partial charge >= 0.3 is 0 Å². The largest absolute Gasteiger partial charge is 0.392 e. The number of ether oxygens (including phenoxy) is 2. The van der Waals surface area contributed by atoms with Crippen molar-refractivity contribution in [1.82, 2.24) is 19.9 Å². The molecule has 2 N–H and O–H groups in total. The summed E-state index contributed by atoms with van der Waals surface area (Å²) < 4.78 is 14.7. The van der Waals surface area contributed by atoms with Crippen LogP contribution >= 0.6 is 23.2 Å². The molecule has 202 valence electrons. The molecule has 4 atom stereocenters. The van der Waals surface area contributed by atoms with Crippen LogP contribution in [0, 0.1) is 5.92 Å². The zero-order chi connectivity index (χ0) is 27.4. The van der Waals surface area contributed by atoms with Crippen LogP contribution in [0.3, 0.4) is 0 Å². The van der Waals surface area contributed by atoms with Gasteiger partial charge < -0.3 is 24.5 Å². The van der Waals surface area contributed by atoms with E-state index in [1.54, 1.807) is 29.2 Å². The fraction of sp³-hybridized carbons (Fsp3) is 0.276. The van der Waals surface area contributed by atoms with Gasteiger partial charge in [0.05, 0.1) is 37.3 Å². The summed E-state index contributed by atoms with van der Waals surface area (Å²) in [5.41, 5.74) is 4.12. The number of benzene rings is 2. The van der Waals surface area contributed by atoms with Crippen molar-refractivity contribution in [2.45, 2.75) is 45.1 Å². The molecule has 1 aliphatic heterocycles. The van der Waals surface area contributed by atoms with Crippen LogP contribution in [-0.2, 0) is 29.2 Å². The van der Waals surface area contributed by atoms with E-state index in [4.69, 9.17) is 32.7 Å². The van der Waals surface area contributed by atoms with Gasteiger partial charge in [0.2, 0.25) is 0 Å². The Hall–Kier alpha value is -3.27. The van der Waals surface area contributed by atoms with E-state index in [0.717, 1.165) is 22.3 Å². The first-order chi connectivity index (χ1) is 18.9. The van der Waals surface area contributed by atoms with Crippen molar-refractivity contribution in [3.05, 3.63) is 118 Å². The number of halogens is 2. The maximum Gasteiger partial charge on any atom is 0.253 e. The standard InChI is InChI=1S/C29H28Cl2N4O4/c1-18-24(15-35-17-34-26(30)27(35)31)38-29(39-25(18)21-8-6-20(16-36)7-9-21)22-10-4-19(5-11-22)13-33-28(37)23-3-2-12-32-14-23/h2-12,14,17-18,24-25,29,36H,13,15-16H2,1H3,(H,33,37)/t18-,24+,25+,29+/m1/s1. The Balaban J connectivity index is 1.34. The average Bonchev–Trinajstić information content (AvgIpc) is 3.30. The van der Waals surface area contributed by atoms with Crippen molar-refractivity contribution < 1.29 is 19.4 Å². The summed E-state index contributed by atoms with van der Waals surface area (Å²) in [7, 11) is 0. The van der Waals surface area contributed by atoms with Crippen LogP contribution in [0.25, 0.3) is 0 Å². The Morgan fingerprint density at radius 2 is 1.74 bits per heavy atom. The average molecular weight is 567 g/mol. The van der Waals surface area contributed by atoms with Crippen LogP contribution in [0.2, 0.25) is 10.3 Å². The number of aliphatic hydroxyl groups excluding tert-OH is 1. The highest BCUT2D eigenvalue weighted by Gasteiger charge is 2.38. The number of nitrogens with zero attached hydrogens (tertiary/aromatic N) is 3. The van der Waals surface area contributed by atoms with Crippen LogP contribution in [0.5, 0.6) is 0 Å². The quantitative estimate of drug-likeness (QED) is 0.292. The molecule has 3 heterocycles. The number of rotatable bonds is 8. The van der Waals surface area contributed by atoms with Crippen molar-refractivity contribution in [3.63, 3.8) is 0 Å². The Kier molecular flexibility index (Phi) is 8.60. The maximum atomic E-state index is 12.4. The summed E-state index contributed by atoms with van der Waals surface area (Å²) in [6.45, 7) is 2.87. The summed E-state index contributed by atoms with van der Waals surface area (Å²) >= 11 is 12.4. The number of amides is 1. The number of hydrogen-bond acceptors (Lipinski definition) is 6. The summed E-state index contributed by atoms with van der Waals surface area (Å²) in [4.78, 5) is 20.4. The molecule has 1 amide bonds. The van der Waals surface area contributed by atoms with Gasteiger partial charge in [-0.2, -0.15) is 0 Å². The minimum absolute atomic E-state index is 0.0232. The van der Waals surface area contributed by atoms with Gasteiger partial charge in [0, 0.05) is 30.4 Å². The van der Waals surface area contributed by atoms with Gasteiger partial charge in [-0.25, -0.2) is 4.98 Å². The topological polar surface area (TPSA) is 98.5 Å². The number of imidazole rings is 1. The summed E-state index contributed by atoms with van der Waals surface area (Å²) in [6.07, 6.45) is 3.61. The molecule has 1 aliphatic rings. The van der Waals surface area contributed by atoms with Gasteiger partial charge in [-0.15, -0.1) is 0 Å². The van der Waals surface area contributed by atoms with Crippen LogP contribution in [0.1, 0.15) is 51.9 Å². The second kappa shape index (κ2) is 12.3. The first-order valence-corrected chi connectivity index (χ1v) is 13.3. The second-order valence-electron chi connectivity index (χ2n) is 9.47. The molecular formula is C29H28Cl2N4O4. The lowest BCUT2D eigenvalue weighted by molar-refractivity contribution is -0.276. The molecule has 2 aromatic heterocycles. The van der Waals surface area contributed by atoms with Gasteiger partial charge in [-0.05, 0) is 28.8 Å². The normalized spacial score (nSPS) is 21.0. The summed E-state index contributed by atoms with van der Waals surface area (Å²) in [5, 5.41) is 13.0. The molecule has 39 heavy (non-hydrogen) atoms. The SMILES string of the molecule is C[C@@H]1[C@H](Cn2cnc(Cl)c2Cl)O[C@H](c2ccc(CNC(=O)c3cccnc3)cc2)O[C@@H]1c1ccc(CO)cc1. The molecule has 5 rings (SSSR count). The van der Waals surface area contributed by atoms with E-state index in [1.165, 1.54) is 6.20 Å². The molecule has 4 aromatic rings. The molecule has 8 nitrogen and oxygen atoms in total. The van der Waals surface area contributed by atoms with Gasteiger partial charge in [0.1, 0.15) is 5.15 Å². The van der Waals surface area contributed by atoms with E-state index in [0.29, 0.717) is 23.8 Å². The van der Waals surface area contributed by atoms with Crippen LogP contribution in [0.4, 0.5) is 0 Å². The third-order valence-electron chi connectivity index (χ3n) is 6.86. The van der Waals surface area contributed by atoms with Gasteiger partial charge in [0.15, 0.2) is 11.4 Å². The highest BCUT2D eigenvalue weighted by Crippen LogP contribution is 2.42. The van der Waals surface area contributed by atoms with Crippen LogP contribution in [0.15, 0.2) is 79.4 Å². The molecule has 0 aliphatic carbocycles. The van der Waals surface area contributed by atoms with Gasteiger partial charge in [0.25, 0.3) is 5.91 Å². The molecule has 0 bridgehead atoms. The van der Waals surface area contributed by atoms with Crippen molar-refractivity contribution in [3.8, 4) is 0 Å².